The largest absolute Gasteiger partial charge is 0.454 e. The number of hydrogen-bond acceptors (Lipinski definition) is 6. The van der Waals surface area contributed by atoms with Gasteiger partial charge in [0.2, 0.25) is 12.7 Å². The van der Waals surface area contributed by atoms with Crippen molar-refractivity contribution in [2.75, 3.05) is 45.5 Å². The minimum absolute atomic E-state index is 0.0765. The molecule has 1 amide bonds. The van der Waals surface area contributed by atoms with Crippen LogP contribution in [-0.2, 0) is 9.53 Å². The lowest BCUT2D eigenvalue weighted by molar-refractivity contribution is -0.116. The minimum Gasteiger partial charge on any atom is -0.454 e. The van der Waals surface area contributed by atoms with Gasteiger partial charge in [-0.25, -0.2) is 9.37 Å². The molecule has 0 saturated carbocycles. The molecular formula is C32H32FN3O4. The molecule has 4 aromatic rings. The molecule has 3 heterocycles. The Morgan fingerprint density at radius 1 is 1.05 bits per heavy atom. The van der Waals surface area contributed by atoms with Gasteiger partial charge in [0.1, 0.15) is 5.82 Å². The van der Waals surface area contributed by atoms with Gasteiger partial charge in [0, 0.05) is 56.1 Å². The van der Waals surface area contributed by atoms with E-state index in [1.54, 1.807) is 19.2 Å². The first-order valence-corrected chi connectivity index (χ1v) is 13.6. The Morgan fingerprint density at radius 3 is 2.67 bits per heavy atom. The van der Waals surface area contributed by atoms with E-state index < -0.39 is 0 Å². The number of nitrogens with zero attached hydrogens (tertiary/aromatic N) is 2. The number of amides is 1. The van der Waals surface area contributed by atoms with Crippen LogP contribution in [0.1, 0.15) is 24.3 Å². The van der Waals surface area contributed by atoms with Crippen LogP contribution in [0.25, 0.3) is 22.2 Å². The quantitative estimate of drug-likeness (QED) is 0.287. The number of methoxy groups -OCH3 is 1. The summed E-state index contributed by atoms with van der Waals surface area (Å²) in [7, 11) is 1.70. The van der Waals surface area contributed by atoms with Gasteiger partial charge in [-0.3, -0.25) is 4.79 Å². The van der Waals surface area contributed by atoms with Gasteiger partial charge < -0.3 is 24.4 Å². The number of fused-ring (bicyclic) bond motifs is 2. The van der Waals surface area contributed by atoms with Crippen molar-refractivity contribution in [3.63, 3.8) is 0 Å². The second-order valence-corrected chi connectivity index (χ2v) is 10.4. The summed E-state index contributed by atoms with van der Waals surface area (Å²) in [6.45, 7) is 3.30. The van der Waals surface area contributed by atoms with Crippen LogP contribution in [0.3, 0.4) is 0 Å². The molecule has 0 unspecified atom stereocenters. The molecule has 3 aromatic carbocycles. The third-order valence-electron chi connectivity index (χ3n) is 7.78. The molecule has 1 saturated heterocycles. The molecule has 0 radical (unpaired) electrons. The summed E-state index contributed by atoms with van der Waals surface area (Å²) in [6.07, 6.45) is 1.04. The third kappa shape index (κ3) is 5.64. The molecule has 206 valence electrons. The van der Waals surface area contributed by atoms with Crippen LogP contribution in [0.15, 0.2) is 72.8 Å². The molecule has 7 nitrogen and oxygen atoms in total. The summed E-state index contributed by atoms with van der Waals surface area (Å²) < 4.78 is 30.4. The number of hydrogen-bond donors (Lipinski definition) is 1. The van der Waals surface area contributed by atoms with E-state index in [1.165, 1.54) is 6.07 Å². The summed E-state index contributed by atoms with van der Waals surface area (Å²) in [5, 5.41) is 3.99. The lowest BCUT2D eigenvalue weighted by Crippen LogP contribution is -2.25. The van der Waals surface area contributed by atoms with Gasteiger partial charge in [-0.2, -0.15) is 0 Å². The number of anilines is 1. The smallest absolute Gasteiger partial charge is 0.231 e. The molecule has 2 atom stereocenters. The van der Waals surface area contributed by atoms with Crippen molar-refractivity contribution in [2.24, 2.45) is 5.92 Å². The fraction of sp³-hybridized carbons (Fsp3) is 0.312. The zero-order valence-corrected chi connectivity index (χ0v) is 22.4. The van der Waals surface area contributed by atoms with Crippen LogP contribution >= 0.6 is 0 Å². The molecule has 2 aliphatic heterocycles. The van der Waals surface area contributed by atoms with Gasteiger partial charge >= 0.3 is 0 Å². The van der Waals surface area contributed by atoms with Gasteiger partial charge in [-0.1, -0.05) is 42.5 Å². The fourth-order valence-electron chi connectivity index (χ4n) is 5.78. The van der Waals surface area contributed by atoms with E-state index in [2.05, 4.69) is 10.2 Å². The van der Waals surface area contributed by atoms with Crippen LogP contribution < -0.4 is 14.8 Å². The van der Waals surface area contributed by atoms with Crippen molar-refractivity contribution in [1.82, 2.24) is 9.88 Å². The molecule has 2 aliphatic rings. The summed E-state index contributed by atoms with van der Waals surface area (Å²) in [4.78, 5) is 20.6. The summed E-state index contributed by atoms with van der Waals surface area (Å²) in [5.41, 5.74) is 4.00. The zero-order chi connectivity index (χ0) is 27.5. The van der Waals surface area contributed by atoms with Crippen LogP contribution in [0.2, 0.25) is 0 Å². The minimum atomic E-state index is -0.232. The number of halogens is 1. The molecule has 1 aromatic heterocycles. The highest BCUT2D eigenvalue weighted by atomic mass is 19.1. The number of ether oxygens (including phenoxy) is 3. The summed E-state index contributed by atoms with van der Waals surface area (Å²) >= 11 is 0. The molecule has 0 bridgehead atoms. The molecule has 1 N–H and O–H groups in total. The molecule has 0 spiro atoms. The molecule has 0 aliphatic carbocycles. The number of likely N-dealkylation sites (tertiary alicyclic amines) is 1. The van der Waals surface area contributed by atoms with Crippen molar-refractivity contribution < 1.29 is 23.4 Å². The maximum atomic E-state index is 14.0. The molecular weight excluding hydrogens is 509 g/mol. The SMILES string of the molecule is COCCN1C[C@@H](CCC(=O)Nc2cc3cc4c(cc3nc2-c2ccccc2)OCO4)[C@H](c2cccc(F)c2)C1. The van der Waals surface area contributed by atoms with Crippen LogP contribution in [0, 0.1) is 11.7 Å². The van der Waals surface area contributed by atoms with Crippen LogP contribution in [0.4, 0.5) is 10.1 Å². The first-order valence-electron chi connectivity index (χ1n) is 13.6. The first kappa shape index (κ1) is 26.2. The van der Waals surface area contributed by atoms with Crippen molar-refractivity contribution in [3.05, 3.63) is 84.2 Å². The van der Waals surface area contributed by atoms with E-state index >= 15 is 0 Å². The fourth-order valence-corrected chi connectivity index (χ4v) is 5.78. The standard InChI is InChI=1S/C32H32FN3O4/c1-38-13-12-36-18-23(26(19-36)22-8-5-9-25(33)14-22)10-11-31(37)34-28-15-24-16-29-30(40-20-39-29)17-27(24)35-32(28)21-6-3-2-4-7-21/h2-9,14-17,23,26H,10-13,18-20H2,1H3,(H,34,37)/t23-,26+/m1/s1. The number of nitrogens with one attached hydrogen (secondary N) is 1. The molecule has 8 heteroatoms. The first-order chi connectivity index (χ1) is 19.6. The van der Waals surface area contributed by atoms with Gasteiger partial charge in [-0.05, 0) is 42.2 Å². The van der Waals surface area contributed by atoms with Crippen molar-refractivity contribution >= 4 is 22.5 Å². The molecule has 6 rings (SSSR count). The zero-order valence-electron chi connectivity index (χ0n) is 22.4. The molecule has 40 heavy (non-hydrogen) atoms. The Bertz CT molecular complexity index is 1510. The predicted octanol–water partition coefficient (Wildman–Crippen LogP) is 5.85. The van der Waals surface area contributed by atoms with E-state index in [-0.39, 0.29) is 30.4 Å². The van der Waals surface area contributed by atoms with Crippen LogP contribution in [-0.4, -0.2) is 55.9 Å². The lowest BCUT2D eigenvalue weighted by atomic mass is 9.86. The number of rotatable bonds is 9. The van der Waals surface area contributed by atoms with Crippen molar-refractivity contribution in [3.8, 4) is 22.8 Å². The second-order valence-electron chi connectivity index (χ2n) is 10.4. The average Bonchev–Trinajstić information content (AvgIpc) is 3.60. The lowest BCUT2D eigenvalue weighted by Gasteiger charge is -2.19. The Kier molecular flexibility index (Phi) is 7.62. The van der Waals surface area contributed by atoms with E-state index in [4.69, 9.17) is 19.2 Å². The van der Waals surface area contributed by atoms with Crippen LogP contribution in [0.5, 0.6) is 11.5 Å². The highest BCUT2D eigenvalue weighted by Crippen LogP contribution is 2.39. The Morgan fingerprint density at radius 2 is 1.88 bits per heavy atom. The van der Waals surface area contributed by atoms with Gasteiger partial charge in [0.05, 0.1) is 23.5 Å². The second kappa shape index (κ2) is 11.6. The van der Waals surface area contributed by atoms with E-state index in [0.717, 1.165) is 41.7 Å². The summed E-state index contributed by atoms with van der Waals surface area (Å²) in [5.74, 6) is 1.41. The predicted molar refractivity (Wildman–Crippen MR) is 152 cm³/mol. The number of carbonyl (C=O) groups is 1. The monoisotopic (exact) mass is 541 g/mol. The third-order valence-corrected chi connectivity index (χ3v) is 7.78. The highest BCUT2D eigenvalue weighted by molar-refractivity contribution is 5.99. The average molecular weight is 542 g/mol. The number of aromatic nitrogens is 1. The summed E-state index contributed by atoms with van der Waals surface area (Å²) in [6, 6.07) is 22.4. The number of benzene rings is 3. The van der Waals surface area contributed by atoms with Crippen molar-refractivity contribution in [2.45, 2.75) is 18.8 Å². The van der Waals surface area contributed by atoms with E-state index in [1.807, 2.05) is 54.6 Å². The van der Waals surface area contributed by atoms with E-state index in [9.17, 15) is 9.18 Å². The van der Waals surface area contributed by atoms with E-state index in [0.29, 0.717) is 42.3 Å². The topological polar surface area (TPSA) is 72.9 Å². The van der Waals surface area contributed by atoms with Crippen molar-refractivity contribution in [1.29, 1.82) is 0 Å². The maximum absolute atomic E-state index is 14.0. The number of carbonyl (C=O) groups excluding carboxylic acids is 1. The Labute approximate surface area is 232 Å². The maximum Gasteiger partial charge on any atom is 0.231 e. The Hall–Kier alpha value is -4.01. The van der Waals surface area contributed by atoms with Gasteiger partial charge in [0.25, 0.3) is 0 Å². The Balaban J connectivity index is 1.22. The number of pyridine rings is 1. The molecule has 1 fully saturated rings. The van der Waals surface area contributed by atoms with Gasteiger partial charge in [0.15, 0.2) is 11.5 Å². The normalized spacial score (nSPS) is 18.4. The van der Waals surface area contributed by atoms with Gasteiger partial charge in [-0.15, -0.1) is 0 Å². The highest BCUT2D eigenvalue weighted by Gasteiger charge is 2.34.